The molecule has 0 atom stereocenters. The van der Waals surface area contributed by atoms with Crippen molar-refractivity contribution < 1.29 is 13.2 Å². The molecule has 0 aromatic heterocycles. The molecule has 0 bridgehead atoms. The molecular weight excluding hydrogens is 372 g/mol. The molecule has 0 aliphatic carbocycles. The summed E-state index contributed by atoms with van der Waals surface area (Å²) in [6, 6.07) is 7.78. The lowest BCUT2D eigenvalue weighted by Crippen LogP contribution is -2.06. The molecular formula is C15H10Cl3F3N2. The van der Waals surface area contributed by atoms with Gasteiger partial charge in [0.15, 0.2) is 0 Å². The van der Waals surface area contributed by atoms with Crippen LogP contribution in [0, 0.1) is 0 Å². The quantitative estimate of drug-likeness (QED) is 0.476. The number of hydrazone groups is 1. The molecule has 2 aromatic rings. The molecule has 0 radical (unpaired) electrons. The van der Waals surface area contributed by atoms with Crippen molar-refractivity contribution in [1.82, 2.24) is 0 Å². The first kappa shape index (κ1) is 17.9. The van der Waals surface area contributed by atoms with Gasteiger partial charge in [-0.1, -0.05) is 34.8 Å². The Morgan fingerprint density at radius 1 is 1.00 bits per heavy atom. The molecule has 23 heavy (non-hydrogen) atoms. The largest absolute Gasteiger partial charge is 0.416 e. The smallest absolute Gasteiger partial charge is 0.277 e. The summed E-state index contributed by atoms with van der Waals surface area (Å²) in [6.07, 6.45) is -4.46. The molecule has 0 aliphatic heterocycles. The number of halogens is 6. The second-order valence-corrected chi connectivity index (χ2v) is 5.88. The summed E-state index contributed by atoms with van der Waals surface area (Å²) in [4.78, 5) is 0. The number of hydrogen-bond donors (Lipinski definition) is 1. The normalized spacial score (nSPS) is 12.4. The summed E-state index contributed by atoms with van der Waals surface area (Å²) in [5.41, 5.74) is 2.76. The highest BCUT2D eigenvalue weighted by molar-refractivity contribution is 6.36. The first-order valence-electron chi connectivity index (χ1n) is 6.31. The van der Waals surface area contributed by atoms with E-state index in [2.05, 4.69) is 10.5 Å². The van der Waals surface area contributed by atoms with Crippen LogP contribution < -0.4 is 5.43 Å². The molecule has 0 saturated carbocycles. The molecule has 0 aliphatic rings. The lowest BCUT2D eigenvalue weighted by Gasteiger charge is -2.11. The van der Waals surface area contributed by atoms with Gasteiger partial charge in [-0.25, -0.2) is 0 Å². The molecule has 0 heterocycles. The Morgan fingerprint density at radius 3 is 2.30 bits per heavy atom. The van der Waals surface area contributed by atoms with Crippen LogP contribution in [0.5, 0.6) is 0 Å². The Labute approximate surface area is 145 Å². The first-order valence-corrected chi connectivity index (χ1v) is 7.44. The van der Waals surface area contributed by atoms with E-state index >= 15 is 0 Å². The van der Waals surface area contributed by atoms with Crippen LogP contribution in [0.15, 0.2) is 41.5 Å². The zero-order valence-electron chi connectivity index (χ0n) is 11.7. The third-order valence-corrected chi connectivity index (χ3v) is 3.85. The van der Waals surface area contributed by atoms with Gasteiger partial charge in [-0.15, -0.1) is 0 Å². The number of anilines is 1. The van der Waals surface area contributed by atoms with Gasteiger partial charge in [-0.05, 0) is 43.3 Å². The highest BCUT2D eigenvalue weighted by Gasteiger charge is 2.30. The van der Waals surface area contributed by atoms with Crippen LogP contribution in [0.2, 0.25) is 15.1 Å². The van der Waals surface area contributed by atoms with Crippen LogP contribution in [-0.4, -0.2) is 5.71 Å². The summed E-state index contributed by atoms with van der Waals surface area (Å²) < 4.78 is 38.2. The molecule has 2 aromatic carbocycles. The number of hydrogen-bond acceptors (Lipinski definition) is 2. The van der Waals surface area contributed by atoms with Crippen molar-refractivity contribution >= 4 is 46.2 Å². The van der Waals surface area contributed by atoms with Crippen LogP contribution >= 0.6 is 34.8 Å². The summed E-state index contributed by atoms with van der Waals surface area (Å²) in [5, 5.41) is 5.03. The van der Waals surface area contributed by atoms with Gasteiger partial charge < -0.3 is 0 Å². The van der Waals surface area contributed by atoms with Crippen LogP contribution in [0.1, 0.15) is 18.1 Å². The standard InChI is InChI=1S/C15H10Cl3F3N2/c1-8(11-7-10(16)3-5-12(11)17)22-23-14-6-9(15(19,20)21)2-4-13(14)18/h2-7,23H,1H3/b22-8-. The lowest BCUT2D eigenvalue weighted by atomic mass is 10.1. The molecule has 1 N–H and O–H groups in total. The van der Waals surface area contributed by atoms with Gasteiger partial charge in [0.1, 0.15) is 0 Å². The van der Waals surface area contributed by atoms with E-state index < -0.39 is 11.7 Å². The third-order valence-electron chi connectivity index (χ3n) is 2.96. The molecule has 0 fully saturated rings. The van der Waals surface area contributed by atoms with Crippen molar-refractivity contribution in [1.29, 1.82) is 0 Å². The fourth-order valence-electron chi connectivity index (χ4n) is 1.77. The minimum atomic E-state index is -4.46. The van der Waals surface area contributed by atoms with Crippen LogP contribution in [0.25, 0.3) is 0 Å². The Morgan fingerprint density at radius 2 is 1.65 bits per heavy atom. The molecule has 122 valence electrons. The van der Waals surface area contributed by atoms with E-state index in [0.29, 0.717) is 21.3 Å². The number of alkyl halides is 3. The van der Waals surface area contributed by atoms with E-state index in [9.17, 15) is 13.2 Å². The minimum Gasteiger partial charge on any atom is -0.277 e. The predicted molar refractivity (Wildman–Crippen MR) is 88.7 cm³/mol. The van der Waals surface area contributed by atoms with Crippen molar-refractivity contribution in [2.75, 3.05) is 5.43 Å². The second-order valence-electron chi connectivity index (χ2n) is 4.63. The second kappa shape index (κ2) is 6.99. The number of nitrogens with zero attached hydrogens (tertiary/aromatic N) is 1. The van der Waals surface area contributed by atoms with E-state index in [4.69, 9.17) is 34.8 Å². The Bertz CT molecular complexity index is 758. The minimum absolute atomic E-state index is 0.0407. The molecule has 0 saturated heterocycles. The van der Waals surface area contributed by atoms with E-state index in [1.54, 1.807) is 25.1 Å². The van der Waals surface area contributed by atoms with Crippen molar-refractivity contribution in [2.45, 2.75) is 13.1 Å². The Hall–Kier alpha value is -1.43. The molecule has 0 amide bonds. The summed E-state index contributed by atoms with van der Waals surface area (Å²) in [7, 11) is 0. The number of rotatable bonds is 3. The maximum absolute atomic E-state index is 12.7. The van der Waals surface area contributed by atoms with Crippen LogP contribution in [0.4, 0.5) is 18.9 Å². The summed E-state index contributed by atoms with van der Waals surface area (Å²) in [6.45, 7) is 1.64. The first-order chi connectivity index (χ1) is 10.7. The monoisotopic (exact) mass is 380 g/mol. The summed E-state index contributed by atoms with van der Waals surface area (Å²) >= 11 is 17.8. The third kappa shape index (κ3) is 4.53. The zero-order valence-corrected chi connectivity index (χ0v) is 13.9. The number of benzene rings is 2. The Balaban J connectivity index is 2.30. The van der Waals surface area contributed by atoms with Crippen molar-refractivity contribution in [2.24, 2.45) is 5.10 Å². The van der Waals surface area contributed by atoms with Gasteiger partial charge in [0.2, 0.25) is 0 Å². The highest BCUT2D eigenvalue weighted by atomic mass is 35.5. The van der Waals surface area contributed by atoms with Crippen LogP contribution in [-0.2, 0) is 6.18 Å². The average molecular weight is 382 g/mol. The maximum Gasteiger partial charge on any atom is 0.416 e. The lowest BCUT2D eigenvalue weighted by molar-refractivity contribution is -0.137. The zero-order chi connectivity index (χ0) is 17.2. The van der Waals surface area contributed by atoms with Crippen molar-refractivity contribution in [3.8, 4) is 0 Å². The fraction of sp³-hybridized carbons (Fsp3) is 0.133. The SMILES string of the molecule is C/C(=N/Nc1cc(C(F)(F)F)ccc1Cl)c1cc(Cl)ccc1Cl. The van der Waals surface area contributed by atoms with Gasteiger partial charge in [0.05, 0.1) is 22.0 Å². The molecule has 0 spiro atoms. The number of nitrogens with one attached hydrogen (secondary N) is 1. The van der Waals surface area contributed by atoms with E-state index in [1.165, 1.54) is 0 Å². The van der Waals surface area contributed by atoms with Gasteiger partial charge in [-0.2, -0.15) is 18.3 Å². The van der Waals surface area contributed by atoms with E-state index in [1.807, 2.05) is 0 Å². The van der Waals surface area contributed by atoms with E-state index in [0.717, 1.165) is 18.2 Å². The molecule has 2 nitrogen and oxygen atoms in total. The Kier molecular flexibility index (Phi) is 5.45. The maximum atomic E-state index is 12.7. The van der Waals surface area contributed by atoms with E-state index in [-0.39, 0.29) is 10.7 Å². The topological polar surface area (TPSA) is 24.4 Å². The van der Waals surface area contributed by atoms with Gasteiger partial charge in [-0.3, -0.25) is 5.43 Å². The highest BCUT2D eigenvalue weighted by Crippen LogP contribution is 2.34. The van der Waals surface area contributed by atoms with Gasteiger partial charge in [0, 0.05) is 15.6 Å². The molecule has 0 unspecified atom stereocenters. The predicted octanol–water partition coefficient (Wildman–Crippen LogP) is 6.50. The van der Waals surface area contributed by atoms with Crippen molar-refractivity contribution in [3.05, 3.63) is 62.6 Å². The fourth-order valence-corrected chi connectivity index (χ4v) is 2.35. The average Bonchev–Trinajstić information content (AvgIpc) is 2.47. The summed E-state index contributed by atoms with van der Waals surface area (Å²) in [5.74, 6) is 0. The van der Waals surface area contributed by atoms with Gasteiger partial charge in [0.25, 0.3) is 0 Å². The molecule has 2 rings (SSSR count). The van der Waals surface area contributed by atoms with Crippen molar-refractivity contribution in [3.63, 3.8) is 0 Å². The van der Waals surface area contributed by atoms with Crippen LogP contribution in [0.3, 0.4) is 0 Å². The molecule has 8 heteroatoms. The van der Waals surface area contributed by atoms with Gasteiger partial charge >= 0.3 is 6.18 Å².